The molecule has 0 aliphatic heterocycles. The molecule has 0 aliphatic rings. The minimum Gasteiger partial charge on any atom is -0.502 e. The molecule has 1 aromatic rings. The Morgan fingerprint density at radius 1 is 1.53 bits per heavy atom. The van der Waals surface area contributed by atoms with Gasteiger partial charge < -0.3 is 5.11 Å². The molecule has 0 amide bonds. The first-order valence-electron chi connectivity index (χ1n) is 4.16. The van der Waals surface area contributed by atoms with E-state index in [2.05, 4.69) is 0 Å². The molecule has 0 radical (unpaired) electrons. The lowest BCUT2D eigenvalue weighted by molar-refractivity contribution is -0.385. The molecule has 0 spiro atoms. The lowest BCUT2D eigenvalue weighted by atomic mass is 10.1. The fourth-order valence-electron chi connectivity index (χ4n) is 1.09. The third kappa shape index (κ3) is 2.40. The Bertz CT molecular complexity index is 437. The van der Waals surface area contributed by atoms with Gasteiger partial charge in [0.15, 0.2) is 0 Å². The van der Waals surface area contributed by atoms with Crippen LogP contribution in [0.5, 0.6) is 5.75 Å². The Labute approximate surface area is 85.8 Å². The summed E-state index contributed by atoms with van der Waals surface area (Å²) in [7, 11) is 0. The van der Waals surface area contributed by atoms with Crippen LogP contribution in [0.3, 0.4) is 0 Å². The van der Waals surface area contributed by atoms with Gasteiger partial charge in [-0.2, -0.15) is 0 Å². The van der Waals surface area contributed by atoms with E-state index in [0.29, 0.717) is 11.9 Å². The fourth-order valence-corrected chi connectivity index (χ4v) is 1.09. The molecule has 0 fully saturated rings. The molecule has 5 nitrogen and oxygen atoms in total. The number of hydrogen-bond acceptors (Lipinski definition) is 4. The van der Waals surface area contributed by atoms with Crippen LogP contribution >= 0.6 is 0 Å². The van der Waals surface area contributed by atoms with Crippen molar-refractivity contribution in [1.82, 2.24) is 0 Å². The summed E-state index contributed by atoms with van der Waals surface area (Å²) in [6.45, 7) is 1.55. The van der Waals surface area contributed by atoms with Crippen molar-refractivity contribution in [2.75, 3.05) is 0 Å². The van der Waals surface area contributed by atoms with Gasteiger partial charge in [-0.25, -0.2) is 0 Å². The van der Waals surface area contributed by atoms with Crippen molar-refractivity contribution < 1.29 is 14.8 Å². The third-order valence-electron chi connectivity index (χ3n) is 1.81. The summed E-state index contributed by atoms with van der Waals surface area (Å²) >= 11 is 0. The van der Waals surface area contributed by atoms with Crippen molar-refractivity contribution in [2.24, 2.45) is 0 Å². The summed E-state index contributed by atoms with van der Waals surface area (Å²) < 4.78 is 0. The van der Waals surface area contributed by atoms with Crippen LogP contribution in [0.1, 0.15) is 12.5 Å². The molecule has 0 aromatic heterocycles. The fraction of sp³-hybridized carbons (Fsp3) is 0.100. The van der Waals surface area contributed by atoms with Crippen molar-refractivity contribution >= 4 is 18.0 Å². The predicted molar refractivity (Wildman–Crippen MR) is 54.5 cm³/mol. The van der Waals surface area contributed by atoms with Crippen LogP contribution in [-0.2, 0) is 4.79 Å². The second kappa shape index (κ2) is 4.36. The predicted octanol–water partition coefficient (Wildman–Crippen LogP) is 1.90. The number of nitro benzene ring substituents is 1. The molecule has 1 rings (SSSR count). The molecule has 78 valence electrons. The summed E-state index contributed by atoms with van der Waals surface area (Å²) in [4.78, 5) is 20.2. The van der Waals surface area contributed by atoms with Gasteiger partial charge in [-0.1, -0.05) is 12.1 Å². The van der Waals surface area contributed by atoms with Crippen LogP contribution < -0.4 is 0 Å². The number of allylic oxidation sites excluding steroid dienone is 1. The number of phenolic OH excluding ortho intramolecular Hbond substituents is 1. The molecule has 0 aliphatic carbocycles. The van der Waals surface area contributed by atoms with Crippen molar-refractivity contribution in [3.05, 3.63) is 39.4 Å². The Morgan fingerprint density at radius 2 is 2.20 bits per heavy atom. The first kappa shape index (κ1) is 10.9. The van der Waals surface area contributed by atoms with Crippen LogP contribution in [0, 0.1) is 10.1 Å². The van der Waals surface area contributed by atoms with E-state index < -0.39 is 10.7 Å². The molecular formula is C10H9NO4. The molecule has 0 saturated heterocycles. The highest BCUT2D eigenvalue weighted by Gasteiger charge is 2.14. The van der Waals surface area contributed by atoms with E-state index in [9.17, 15) is 20.0 Å². The molecule has 0 bridgehead atoms. The van der Waals surface area contributed by atoms with E-state index in [0.717, 1.165) is 0 Å². The molecule has 0 heterocycles. The average molecular weight is 207 g/mol. The van der Waals surface area contributed by atoms with Gasteiger partial charge in [0.1, 0.15) is 6.29 Å². The first-order chi connectivity index (χ1) is 7.06. The van der Waals surface area contributed by atoms with E-state index in [1.165, 1.54) is 24.3 Å². The number of hydrogen-bond donors (Lipinski definition) is 1. The second-order valence-corrected chi connectivity index (χ2v) is 2.98. The third-order valence-corrected chi connectivity index (χ3v) is 1.81. The number of carbonyl (C=O) groups excluding carboxylic acids is 1. The number of benzene rings is 1. The number of carbonyl (C=O) groups is 1. The summed E-state index contributed by atoms with van der Waals surface area (Å²) in [6, 6.07) is 4.14. The summed E-state index contributed by atoms with van der Waals surface area (Å²) in [5, 5.41) is 20.0. The van der Waals surface area contributed by atoms with E-state index >= 15 is 0 Å². The zero-order valence-corrected chi connectivity index (χ0v) is 8.01. The molecule has 0 saturated carbocycles. The lowest BCUT2D eigenvalue weighted by Crippen LogP contribution is -1.90. The molecule has 1 N–H and O–H groups in total. The Morgan fingerprint density at radius 3 is 2.73 bits per heavy atom. The summed E-state index contributed by atoms with van der Waals surface area (Å²) in [5.41, 5.74) is 0.266. The van der Waals surface area contributed by atoms with Gasteiger partial charge in [0.25, 0.3) is 0 Å². The van der Waals surface area contributed by atoms with Crippen molar-refractivity contribution in [3.8, 4) is 5.75 Å². The molecular weight excluding hydrogens is 198 g/mol. The topological polar surface area (TPSA) is 80.4 Å². The number of phenols is 1. The highest BCUT2D eigenvalue weighted by atomic mass is 16.6. The standard InChI is InChI=1S/C10H9NO4/c1-7(6-12)5-8-3-2-4-9(10(8)13)11(14)15/h2-6,13H,1H3. The maximum Gasteiger partial charge on any atom is 0.311 e. The zero-order valence-electron chi connectivity index (χ0n) is 8.01. The minimum atomic E-state index is -0.678. The number of nitrogens with zero attached hydrogens (tertiary/aromatic N) is 1. The van der Waals surface area contributed by atoms with Crippen molar-refractivity contribution in [2.45, 2.75) is 6.92 Å². The summed E-state index contributed by atoms with van der Waals surface area (Å²) in [5.74, 6) is -0.427. The number of aldehydes is 1. The molecule has 0 unspecified atom stereocenters. The number of nitro groups is 1. The monoisotopic (exact) mass is 207 g/mol. The van der Waals surface area contributed by atoms with Crippen LogP contribution in [0.15, 0.2) is 23.8 Å². The lowest BCUT2D eigenvalue weighted by Gasteiger charge is -2.00. The molecule has 1 aromatic carbocycles. The summed E-state index contributed by atoms with van der Waals surface area (Å²) in [6.07, 6.45) is 1.99. The van der Waals surface area contributed by atoms with Gasteiger partial charge >= 0.3 is 5.69 Å². The first-order valence-corrected chi connectivity index (χ1v) is 4.16. The SMILES string of the molecule is CC(C=O)=Cc1cccc([N+](=O)[O-])c1O. The number of para-hydroxylation sites is 1. The van der Waals surface area contributed by atoms with Gasteiger partial charge in [0.2, 0.25) is 5.75 Å². The maximum absolute atomic E-state index is 10.5. The van der Waals surface area contributed by atoms with Crippen molar-refractivity contribution in [3.63, 3.8) is 0 Å². The molecule has 5 heteroatoms. The zero-order chi connectivity index (χ0) is 11.4. The Kier molecular flexibility index (Phi) is 3.17. The van der Waals surface area contributed by atoms with Crippen LogP contribution in [-0.4, -0.2) is 16.3 Å². The smallest absolute Gasteiger partial charge is 0.311 e. The van der Waals surface area contributed by atoms with Gasteiger partial charge in [0.05, 0.1) is 4.92 Å². The average Bonchev–Trinajstić information content (AvgIpc) is 2.20. The highest BCUT2D eigenvalue weighted by Crippen LogP contribution is 2.30. The van der Waals surface area contributed by atoms with E-state index in [4.69, 9.17) is 0 Å². The van der Waals surface area contributed by atoms with Crippen LogP contribution in [0.4, 0.5) is 5.69 Å². The molecule has 0 atom stereocenters. The van der Waals surface area contributed by atoms with E-state index in [1.807, 2.05) is 0 Å². The van der Waals surface area contributed by atoms with Gasteiger partial charge in [0, 0.05) is 11.6 Å². The minimum absolute atomic E-state index is 0.258. The number of aromatic hydroxyl groups is 1. The van der Waals surface area contributed by atoms with Crippen LogP contribution in [0.2, 0.25) is 0 Å². The normalized spacial score (nSPS) is 11.1. The van der Waals surface area contributed by atoms with Gasteiger partial charge in [-0.05, 0) is 18.6 Å². The maximum atomic E-state index is 10.5. The highest BCUT2D eigenvalue weighted by molar-refractivity contribution is 5.82. The quantitative estimate of drug-likeness (QED) is 0.355. The molecule has 15 heavy (non-hydrogen) atoms. The Balaban J connectivity index is 3.27. The van der Waals surface area contributed by atoms with Gasteiger partial charge in [-0.15, -0.1) is 0 Å². The largest absolute Gasteiger partial charge is 0.502 e. The van der Waals surface area contributed by atoms with E-state index in [-0.39, 0.29) is 11.3 Å². The second-order valence-electron chi connectivity index (χ2n) is 2.98. The van der Waals surface area contributed by atoms with E-state index in [1.54, 1.807) is 6.92 Å². The van der Waals surface area contributed by atoms with Crippen molar-refractivity contribution in [1.29, 1.82) is 0 Å². The Hall–Kier alpha value is -2.17. The van der Waals surface area contributed by atoms with Crippen LogP contribution in [0.25, 0.3) is 6.08 Å². The number of rotatable bonds is 3. The van der Waals surface area contributed by atoms with Gasteiger partial charge in [-0.3, -0.25) is 14.9 Å².